The van der Waals surface area contributed by atoms with Crippen LogP contribution < -0.4 is 0 Å². The van der Waals surface area contributed by atoms with E-state index in [2.05, 4.69) is 6.92 Å². The van der Waals surface area contributed by atoms with Gasteiger partial charge in [0.15, 0.2) is 0 Å². The highest BCUT2D eigenvalue weighted by Crippen LogP contribution is 2.05. The molecule has 0 aliphatic rings. The maximum Gasteiger partial charge on any atom is 0.213 e. The van der Waals surface area contributed by atoms with E-state index in [0.717, 1.165) is 25.7 Å². The predicted octanol–water partition coefficient (Wildman–Crippen LogP) is 2.46. The van der Waals surface area contributed by atoms with Gasteiger partial charge in [0, 0.05) is 19.5 Å². The molecular weight excluding hydrogens is 234 g/mol. The van der Waals surface area contributed by atoms with Crippen molar-refractivity contribution >= 4 is 21.6 Å². The van der Waals surface area contributed by atoms with Gasteiger partial charge in [-0.1, -0.05) is 19.8 Å². The van der Waals surface area contributed by atoms with Crippen molar-refractivity contribution in [1.29, 1.82) is 0 Å². The Balaban J connectivity index is 3.86. The largest absolute Gasteiger partial charge is 0.213 e. The molecule has 0 aromatic carbocycles. The van der Waals surface area contributed by atoms with E-state index in [1.54, 1.807) is 7.05 Å². The van der Waals surface area contributed by atoms with Gasteiger partial charge in [-0.25, -0.2) is 12.7 Å². The molecule has 0 heterocycles. The lowest BCUT2D eigenvalue weighted by molar-refractivity contribution is 0.453. The summed E-state index contributed by atoms with van der Waals surface area (Å²) in [5.74, 6) is 0.761. The molecule has 0 aromatic heterocycles. The third-order valence-electron chi connectivity index (χ3n) is 2.34. The number of sulfonamides is 1. The van der Waals surface area contributed by atoms with Crippen molar-refractivity contribution in [3.63, 3.8) is 0 Å². The average Bonchev–Trinajstić information content (AvgIpc) is 2.18. The van der Waals surface area contributed by atoms with Crippen LogP contribution in [0.25, 0.3) is 0 Å². The zero-order chi connectivity index (χ0) is 11.7. The molecule has 0 aliphatic heterocycles. The summed E-state index contributed by atoms with van der Waals surface area (Å²) in [7, 11) is -1.38. The first-order chi connectivity index (χ1) is 7.04. The summed E-state index contributed by atoms with van der Waals surface area (Å²) in [5.41, 5.74) is 0. The van der Waals surface area contributed by atoms with Gasteiger partial charge in [0.05, 0.1) is 5.75 Å². The maximum absolute atomic E-state index is 11.7. The molecule has 0 unspecified atom stereocenters. The van der Waals surface area contributed by atoms with E-state index >= 15 is 0 Å². The Morgan fingerprint density at radius 3 is 2.33 bits per heavy atom. The molecule has 3 nitrogen and oxygen atoms in total. The van der Waals surface area contributed by atoms with Gasteiger partial charge in [0.1, 0.15) is 0 Å². The highest BCUT2D eigenvalue weighted by Gasteiger charge is 2.16. The normalized spacial score (nSPS) is 12.3. The van der Waals surface area contributed by atoms with Gasteiger partial charge in [0.2, 0.25) is 10.0 Å². The molecule has 92 valence electrons. The molecule has 0 atom stereocenters. The van der Waals surface area contributed by atoms with Crippen molar-refractivity contribution in [2.45, 2.75) is 39.0 Å². The van der Waals surface area contributed by atoms with Crippen LogP contribution in [0.1, 0.15) is 39.0 Å². The van der Waals surface area contributed by atoms with Gasteiger partial charge in [-0.05, 0) is 19.3 Å². The van der Waals surface area contributed by atoms with Crippen LogP contribution in [-0.4, -0.2) is 37.9 Å². The van der Waals surface area contributed by atoms with Crippen molar-refractivity contribution in [2.24, 2.45) is 0 Å². The molecule has 0 aromatic rings. The van der Waals surface area contributed by atoms with Crippen LogP contribution in [0.3, 0.4) is 0 Å². The second-order valence-electron chi connectivity index (χ2n) is 3.74. The second kappa shape index (κ2) is 8.36. The minimum absolute atomic E-state index is 0.225. The summed E-state index contributed by atoms with van der Waals surface area (Å²) in [6.07, 6.45) is 4.57. The average molecular weight is 256 g/mol. The first kappa shape index (κ1) is 15.2. The van der Waals surface area contributed by atoms with Gasteiger partial charge >= 0.3 is 0 Å². The van der Waals surface area contributed by atoms with Gasteiger partial charge < -0.3 is 0 Å². The summed E-state index contributed by atoms with van der Waals surface area (Å²) >= 11 is 5.50. The Morgan fingerprint density at radius 2 is 1.80 bits per heavy atom. The molecule has 0 aliphatic carbocycles. The minimum Gasteiger partial charge on any atom is -0.212 e. The van der Waals surface area contributed by atoms with Gasteiger partial charge in [0.25, 0.3) is 0 Å². The van der Waals surface area contributed by atoms with Gasteiger partial charge in [-0.2, -0.15) is 0 Å². The maximum atomic E-state index is 11.7. The van der Waals surface area contributed by atoms with E-state index < -0.39 is 10.0 Å². The Labute approximate surface area is 98.8 Å². The zero-order valence-corrected chi connectivity index (χ0v) is 11.3. The van der Waals surface area contributed by atoms with Crippen LogP contribution in [0.2, 0.25) is 0 Å². The molecule has 0 spiro atoms. The Bertz CT molecular complexity index is 242. The number of alkyl halides is 1. The van der Waals surface area contributed by atoms with Crippen LogP contribution in [0.5, 0.6) is 0 Å². The lowest BCUT2D eigenvalue weighted by Crippen LogP contribution is -2.30. The topological polar surface area (TPSA) is 37.4 Å². The van der Waals surface area contributed by atoms with Crippen LogP contribution >= 0.6 is 11.6 Å². The fourth-order valence-corrected chi connectivity index (χ4v) is 2.74. The van der Waals surface area contributed by atoms with E-state index in [0.29, 0.717) is 18.8 Å². The third kappa shape index (κ3) is 7.14. The van der Waals surface area contributed by atoms with Crippen LogP contribution in [0, 0.1) is 0 Å². The molecule has 0 saturated carbocycles. The van der Waals surface area contributed by atoms with Crippen molar-refractivity contribution in [2.75, 3.05) is 25.2 Å². The molecule has 0 rings (SSSR count). The number of halogens is 1. The van der Waals surface area contributed by atoms with Crippen LogP contribution in [0.4, 0.5) is 0 Å². The Morgan fingerprint density at radius 1 is 1.13 bits per heavy atom. The van der Waals surface area contributed by atoms with Gasteiger partial charge in [-0.3, -0.25) is 0 Å². The fraction of sp³-hybridized carbons (Fsp3) is 1.00. The standard InChI is InChI=1S/C10H22ClNO2S/c1-3-4-6-9-12(2)15(13,14)10-7-5-8-11/h3-10H2,1-2H3. The van der Waals surface area contributed by atoms with Crippen molar-refractivity contribution < 1.29 is 8.42 Å². The molecule has 0 N–H and O–H groups in total. The Hall–Kier alpha value is 0.200. The summed E-state index contributed by atoms with van der Waals surface area (Å²) in [5, 5.41) is 0. The van der Waals surface area contributed by atoms with Crippen LogP contribution in [0.15, 0.2) is 0 Å². The molecule has 0 radical (unpaired) electrons. The van der Waals surface area contributed by atoms with E-state index in [-0.39, 0.29) is 5.75 Å². The lowest BCUT2D eigenvalue weighted by Gasteiger charge is -2.16. The minimum atomic E-state index is -3.04. The predicted molar refractivity (Wildman–Crippen MR) is 65.9 cm³/mol. The first-order valence-corrected chi connectivity index (χ1v) is 7.69. The number of unbranched alkanes of at least 4 members (excludes halogenated alkanes) is 3. The van der Waals surface area contributed by atoms with Crippen molar-refractivity contribution in [1.82, 2.24) is 4.31 Å². The van der Waals surface area contributed by atoms with E-state index in [1.807, 2.05) is 0 Å². The molecule has 0 saturated heterocycles. The smallest absolute Gasteiger partial charge is 0.212 e. The SMILES string of the molecule is CCCCCN(C)S(=O)(=O)CCCCCl. The third-order valence-corrected chi connectivity index (χ3v) is 4.54. The highest BCUT2D eigenvalue weighted by molar-refractivity contribution is 7.89. The molecule has 0 bridgehead atoms. The number of hydrogen-bond donors (Lipinski definition) is 0. The summed E-state index contributed by atoms with van der Waals surface area (Å²) in [6.45, 7) is 2.74. The molecular formula is C10H22ClNO2S. The fourth-order valence-electron chi connectivity index (χ4n) is 1.26. The zero-order valence-electron chi connectivity index (χ0n) is 9.71. The summed E-state index contributed by atoms with van der Waals surface area (Å²) in [6, 6.07) is 0. The molecule has 0 amide bonds. The molecule has 5 heteroatoms. The summed E-state index contributed by atoms with van der Waals surface area (Å²) < 4.78 is 24.8. The van der Waals surface area contributed by atoms with Crippen molar-refractivity contribution in [3.8, 4) is 0 Å². The molecule has 15 heavy (non-hydrogen) atoms. The first-order valence-electron chi connectivity index (χ1n) is 5.54. The van der Waals surface area contributed by atoms with Crippen molar-refractivity contribution in [3.05, 3.63) is 0 Å². The van der Waals surface area contributed by atoms with E-state index in [1.165, 1.54) is 4.31 Å². The highest BCUT2D eigenvalue weighted by atomic mass is 35.5. The van der Waals surface area contributed by atoms with Gasteiger partial charge in [-0.15, -0.1) is 11.6 Å². The number of nitrogens with zero attached hydrogens (tertiary/aromatic N) is 1. The monoisotopic (exact) mass is 255 g/mol. The summed E-state index contributed by atoms with van der Waals surface area (Å²) in [4.78, 5) is 0. The number of rotatable bonds is 9. The second-order valence-corrected chi connectivity index (χ2v) is 6.31. The lowest BCUT2D eigenvalue weighted by atomic mass is 10.2. The quantitative estimate of drug-likeness (QED) is 0.469. The Kier molecular flexibility index (Phi) is 8.47. The van der Waals surface area contributed by atoms with Crippen LogP contribution in [-0.2, 0) is 10.0 Å². The molecule has 0 fully saturated rings. The number of hydrogen-bond acceptors (Lipinski definition) is 2. The van der Waals surface area contributed by atoms with E-state index in [9.17, 15) is 8.42 Å². The van der Waals surface area contributed by atoms with E-state index in [4.69, 9.17) is 11.6 Å².